The van der Waals surface area contributed by atoms with Gasteiger partial charge in [0.15, 0.2) is 0 Å². The van der Waals surface area contributed by atoms with E-state index in [-0.39, 0.29) is 29.2 Å². The molecule has 9 heteroatoms. The van der Waals surface area contributed by atoms with Gasteiger partial charge in [0.05, 0.1) is 0 Å². The van der Waals surface area contributed by atoms with Gasteiger partial charge in [0.1, 0.15) is 10.0 Å². The van der Waals surface area contributed by atoms with Crippen LogP contribution in [-0.2, 0) is 10.0 Å². The highest BCUT2D eigenvalue weighted by atomic mass is 35.5. The Bertz CT molecular complexity index is 627. The van der Waals surface area contributed by atoms with Gasteiger partial charge in [-0.3, -0.25) is 0 Å². The van der Waals surface area contributed by atoms with Crippen LogP contribution in [0.5, 0.6) is 0 Å². The van der Waals surface area contributed by atoms with Crippen molar-refractivity contribution in [2.75, 3.05) is 40.3 Å². The molecular weight excluding hydrogens is 316 g/mol. The minimum Gasteiger partial charge on any atom is -0.331 e. The van der Waals surface area contributed by atoms with Crippen molar-refractivity contribution in [2.24, 2.45) is 0 Å². The highest BCUT2D eigenvalue weighted by molar-refractivity contribution is 7.89. The third-order valence-electron chi connectivity index (χ3n) is 3.23. The molecule has 2 rings (SSSR count). The van der Waals surface area contributed by atoms with Crippen molar-refractivity contribution in [1.29, 1.82) is 0 Å². The smallest absolute Gasteiger partial charge is 0.319 e. The summed E-state index contributed by atoms with van der Waals surface area (Å²) >= 11 is 5.86. The third kappa shape index (κ3) is 3.28. The Kier molecular flexibility index (Phi) is 4.70. The first kappa shape index (κ1) is 16.0. The van der Waals surface area contributed by atoms with Crippen molar-refractivity contribution in [2.45, 2.75) is 4.90 Å². The van der Waals surface area contributed by atoms with E-state index < -0.39 is 10.0 Å². The molecule has 116 valence electrons. The summed E-state index contributed by atoms with van der Waals surface area (Å²) in [6.45, 7) is 1.20. The van der Waals surface area contributed by atoms with E-state index in [4.69, 9.17) is 11.6 Å². The summed E-state index contributed by atoms with van der Waals surface area (Å²) in [5.74, 6) is 0. The first-order valence-electron chi connectivity index (χ1n) is 6.41. The number of amides is 2. The van der Waals surface area contributed by atoms with Crippen molar-refractivity contribution >= 4 is 27.7 Å². The van der Waals surface area contributed by atoms with Crippen LogP contribution in [0.1, 0.15) is 0 Å². The van der Waals surface area contributed by atoms with E-state index in [2.05, 4.69) is 4.98 Å². The Morgan fingerprint density at radius 2 is 1.90 bits per heavy atom. The second-order valence-corrected chi connectivity index (χ2v) is 7.12. The number of sulfonamides is 1. The van der Waals surface area contributed by atoms with Gasteiger partial charge >= 0.3 is 6.03 Å². The van der Waals surface area contributed by atoms with Gasteiger partial charge in [0.2, 0.25) is 10.0 Å². The molecule has 0 saturated carbocycles. The van der Waals surface area contributed by atoms with Gasteiger partial charge in [-0.25, -0.2) is 18.2 Å². The molecule has 0 spiro atoms. The largest absolute Gasteiger partial charge is 0.331 e. The summed E-state index contributed by atoms with van der Waals surface area (Å²) in [5.41, 5.74) is 0. The summed E-state index contributed by atoms with van der Waals surface area (Å²) in [4.78, 5) is 18.7. The van der Waals surface area contributed by atoms with Gasteiger partial charge in [-0.2, -0.15) is 4.31 Å². The van der Waals surface area contributed by atoms with E-state index in [0.717, 1.165) is 0 Å². The molecule has 0 aliphatic carbocycles. The standard InChI is InChI=1S/C12H17ClN4O3S/c1-15(2)12(18)16-6-8-17(9-7-16)21(19,20)10-4-3-5-14-11(10)13/h3-5H,6-9H2,1-2H3. The molecule has 2 heterocycles. The van der Waals surface area contributed by atoms with Crippen molar-refractivity contribution in [3.63, 3.8) is 0 Å². The van der Waals surface area contributed by atoms with E-state index in [1.807, 2.05) is 0 Å². The Hall–Kier alpha value is -1.38. The van der Waals surface area contributed by atoms with Gasteiger partial charge in [-0.1, -0.05) is 11.6 Å². The summed E-state index contributed by atoms with van der Waals surface area (Å²) in [6.07, 6.45) is 1.44. The predicted octanol–water partition coefficient (Wildman–Crippen LogP) is 0.723. The number of rotatable bonds is 2. The molecule has 1 aliphatic rings. The molecule has 0 atom stereocenters. The molecule has 0 radical (unpaired) electrons. The maximum atomic E-state index is 12.5. The molecule has 1 saturated heterocycles. The molecule has 0 N–H and O–H groups in total. The van der Waals surface area contributed by atoms with Crippen LogP contribution >= 0.6 is 11.6 Å². The van der Waals surface area contributed by atoms with Gasteiger partial charge in [0, 0.05) is 46.5 Å². The Labute approximate surface area is 129 Å². The fraction of sp³-hybridized carbons (Fsp3) is 0.500. The SMILES string of the molecule is CN(C)C(=O)N1CCN(S(=O)(=O)c2cccnc2Cl)CC1. The fourth-order valence-electron chi connectivity index (χ4n) is 2.11. The molecule has 21 heavy (non-hydrogen) atoms. The quantitative estimate of drug-likeness (QED) is 0.748. The fourth-order valence-corrected chi connectivity index (χ4v) is 3.96. The number of hydrogen-bond donors (Lipinski definition) is 0. The topological polar surface area (TPSA) is 73.8 Å². The Balaban J connectivity index is 2.12. The van der Waals surface area contributed by atoms with Crippen molar-refractivity contribution < 1.29 is 13.2 Å². The second-order valence-electron chi connectivity index (χ2n) is 4.86. The van der Waals surface area contributed by atoms with E-state index in [1.165, 1.54) is 27.5 Å². The summed E-state index contributed by atoms with van der Waals surface area (Å²) in [6, 6.07) is 2.85. The number of piperazine rings is 1. The van der Waals surface area contributed by atoms with Crippen LogP contribution < -0.4 is 0 Å². The molecule has 1 aromatic rings. The Morgan fingerprint density at radius 3 is 2.43 bits per heavy atom. The van der Waals surface area contributed by atoms with E-state index in [0.29, 0.717) is 13.1 Å². The zero-order chi connectivity index (χ0) is 15.6. The molecule has 0 aromatic carbocycles. The van der Waals surface area contributed by atoms with Crippen LogP contribution in [0.4, 0.5) is 4.79 Å². The highest BCUT2D eigenvalue weighted by Gasteiger charge is 2.32. The van der Waals surface area contributed by atoms with Crippen LogP contribution in [0.15, 0.2) is 23.2 Å². The zero-order valence-corrected chi connectivity index (χ0v) is 13.4. The monoisotopic (exact) mass is 332 g/mol. The molecule has 1 aromatic heterocycles. The highest BCUT2D eigenvalue weighted by Crippen LogP contribution is 2.23. The number of carbonyl (C=O) groups excluding carboxylic acids is 1. The zero-order valence-electron chi connectivity index (χ0n) is 11.9. The number of nitrogens with zero attached hydrogens (tertiary/aromatic N) is 4. The maximum absolute atomic E-state index is 12.5. The number of urea groups is 1. The number of pyridine rings is 1. The number of hydrogen-bond acceptors (Lipinski definition) is 4. The number of halogens is 1. The van der Waals surface area contributed by atoms with Crippen LogP contribution in [0.2, 0.25) is 5.15 Å². The molecule has 0 unspecified atom stereocenters. The first-order valence-corrected chi connectivity index (χ1v) is 8.22. The second kappa shape index (κ2) is 6.17. The lowest BCUT2D eigenvalue weighted by Gasteiger charge is -2.35. The lowest BCUT2D eigenvalue weighted by atomic mass is 10.4. The van der Waals surface area contributed by atoms with Crippen LogP contribution in [0.3, 0.4) is 0 Å². The molecular formula is C12H17ClN4O3S. The van der Waals surface area contributed by atoms with E-state index in [1.54, 1.807) is 19.0 Å². The van der Waals surface area contributed by atoms with Crippen molar-refractivity contribution in [3.05, 3.63) is 23.5 Å². The van der Waals surface area contributed by atoms with E-state index in [9.17, 15) is 13.2 Å². The lowest BCUT2D eigenvalue weighted by Crippen LogP contribution is -2.52. The summed E-state index contributed by atoms with van der Waals surface area (Å²) < 4.78 is 26.3. The van der Waals surface area contributed by atoms with Gasteiger partial charge < -0.3 is 9.80 Å². The normalized spacial score (nSPS) is 16.8. The maximum Gasteiger partial charge on any atom is 0.319 e. The van der Waals surface area contributed by atoms with Crippen LogP contribution in [0.25, 0.3) is 0 Å². The molecule has 1 fully saturated rings. The van der Waals surface area contributed by atoms with Crippen LogP contribution in [0, 0.1) is 0 Å². The van der Waals surface area contributed by atoms with Gasteiger partial charge in [-0.15, -0.1) is 0 Å². The molecule has 1 aliphatic heterocycles. The number of aromatic nitrogens is 1. The van der Waals surface area contributed by atoms with Crippen LogP contribution in [-0.4, -0.2) is 73.8 Å². The van der Waals surface area contributed by atoms with E-state index >= 15 is 0 Å². The molecule has 2 amide bonds. The summed E-state index contributed by atoms with van der Waals surface area (Å²) in [7, 11) is -0.340. The van der Waals surface area contributed by atoms with Gasteiger partial charge in [-0.05, 0) is 12.1 Å². The molecule has 7 nitrogen and oxygen atoms in total. The minimum absolute atomic E-state index is 0.000877. The third-order valence-corrected chi connectivity index (χ3v) is 5.58. The van der Waals surface area contributed by atoms with Crippen molar-refractivity contribution in [3.8, 4) is 0 Å². The predicted molar refractivity (Wildman–Crippen MR) is 78.7 cm³/mol. The average Bonchev–Trinajstić information content (AvgIpc) is 2.46. The van der Waals surface area contributed by atoms with Crippen molar-refractivity contribution in [1.82, 2.24) is 19.1 Å². The summed E-state index contributed by atoms with van der Waals surface area (Å²) in [5, 5.41) is -0.0377. The first-order chi connectivity index (χ1) is 9.84. The average molecular weight is 333 g/mol. The Morgan fingerprint density at radius 1 is 1.29 bits per heavy atom. The number of carbonyl (C=O) groups is 1. The molecule has 0 bridgehead atoms. The van der Waals surface area contributed by atoms with Gasteiger partial charge in [0.25, 0.3) is 0 Å². The lowest BCUT2D eigenvalue weighted by molar-refractivity contribution is 0.149. The minimum atomic E-state index is -3.67.